The summed E-state index contributed by atoms with van der Waals surface area (Å²) in [5.74, 6) is -0.0576. The molecule has 4 nitrogen and oxygen atoms in total. The summed E-state index contributed by atoms with van der Waals surface area (Å²) in [6.07, 6.45) is 1.69. The van der Waals surface area contributed by atoms with Gasteiger partial charge in [0.1, 0.15) is 0 Å². The number of fused-ring (bicyclic) bond motifs is 2. The van der Waals surface area contributed by atoms with Crippen molar-refractivity contribution in [2.24, 2.45) is 0 Å². The van der Waals surface area contributed by atoms with E-state index in [1.54, 1.807) is 22.7 Å². The van der Waals surface area contributed by atoms with Gasteiger partial charge in [0.15, 0.2) is 5.13 Å². The number of likely N-dealkylation sites (N-methyl/N-ethyl adjacent to an activating group) is 1. The quantitative estimate of drug-likeness (QED) is 0.462. The Hall–Kier alpha value is -2.54. The van der Waals surface area contributed by atoms with Gasteiger partial charge in [0, 0.05) is 29.1 Å². The zero-order chi connectivity index (χ0) is 20.7. The molecular weight excluding hydrogens is 410 g/mol. The second-order valence-electron chi connectivity index (χ2n) is 7.90. The Balaban J connectivity index is 1.47. The molecule has 0 bridgehead atoms. The van der Waals surface area contributed by atoms with E-state index in [1.807, 2.05) is 12.1 Å². The first-order valence-corrected chi connectivity index (χ1v) is 11.7. The summed E-state index contributed by atoms with van der Waals surface area (Å²) in [6.45, 7) is 4.01. The van der Waals surface area contributed by atoms with Crippen LogP contribution in [0.2, 0.25) is 0 Å². The minimum atomic E-state index is -0.0576. The van der Waals surface area contributed by atoms with Crippen molar-refractivity contribution in [3.63, 3.8) is 0 Å². The monoisotopic (exact) mass is 433 g/mol. The Labute approximate surface area is 184 Å². The number of carbonyl (C=O) groups excluding carboxylic acids is 1. The number of hydrogen-bond acceptors (Lipinski definition) is 5. The highest BCUT2D eigenvalue weighted by atomic mass is 32.1. The van der Waals surface area contributed by atoms with Crippen molar-refractivity contribution in [1.82, 2.24) is 9.88 Å². The fraction of sp³-hybridized carbons (Fsp3) is 0.250. The predicted molar refractivity (Wildman–Crippen MR) is 126 cm³/mol. The number of anilines is 1. The normalized spacial score (nSPS) is 14.1. The van der Waals surface area contributed by atoms with Gasteiger partial charge >= 0.3 is 0 Å². The van der Waals surface area contributed by atoms with Crippen LogP contribution < -0.4 is 5.32 Å². The number of benzene rings is 2. The summed E-state index contributed by atoms with van der Waals surface area (Å²) < 4.78 is 1.14. The molecule has 0 unspecified atom stereocenters. The number of aryl methyl sites for hydroxylation is 1. The SMILES string of the molecule is Cc1ccc(Cc2c(C(=O)Nc3nc4c(s3)CN(C)CC4)sc3ccccc23)cc1. The van der Waals surface area contributed by atoms with Gasteiger partial charge in [-0.15, -0.1) is 22.7 Å². The van der Waals surface area contributed by atoms with Crippen LogP contribution in [0, 0.1) is 6.92 Å². The number of aromatic nitrogens is 1. The van der Waals surface area contributed by atoms with Gasteiger partial charge in [-0.05, 0) is 43.0 Å². The summed E-state index contributed by atoms with van der Waals surface area (Å²) in [7, 11) is 2.12. The minimum Gasteiger partial charge on any atom is -0.301 e. The van der Waals surface area contributed by atoms with Crippen LogP contribution in [0.5, 0.6) is 0 Å². The van der Waals surface area contributed by atoms with E-state index in [0.717, 1.165) is 52.2 Å². The van der Waals surface area contributed by atoms with Crippen molar-refractivity contribution in [2.45, 2.75) is 26.3 Å². The molecule has 0 spiro atoms. The van der Waals surface area contributed by atoms with Gasteiger partial charge in [0.2, 0.25) is 0 Å². The van der Waals surface area contributed by atoms with E-state index >= 15 is 0 Å². The lowest BCUT2D eigenvalue weighted by Crippen LogP contribution is -2.25. The highest BCUT2D eigenvalue weighted by Crippen LogP contribution is 2.34. The van der Waals surface area contributed by atoms with Gasteiger partial charge in [0.25, 0.3) is 5.91 Å². The zero-order valence-corrected chi connectivity index (χ0v) is 18.7. The molecule has 6 heteroatoms. The van der Waals surface area contributed by atoms with E-state index in [0.29, 0.717) is 5.13 Å². The van der Waals surface area contributed by atoms with Crippen molar-refractivity contribution in [1.29, 1.82) is 0 Å². The highest BCUT2D eigenvalue weighted by molar-refractivity contribution is 7.21. The fourth-order valence-electron chi connectivity index (χ4n) is 3.90. The van der Waals surface area contributed by atoms with Crippen LogP contribution in [0.15, 0.2) is 48.5 Å². The lowest BCUT2D eigenvalue weighted by atomic mass is 10.0. The molecule has 0 aliphatic carbocycles. The average Bonchev–Trinajstić information content (AvgIpc) is 3.30. The first-order chi connectivity index (χ1) is 14.6. The molecule has 0 radical (unpaired) electrons. The van der Waals surface area contributed by atoms with E-state index in [9.17, 15) is 4.79 Å². The number of thiazole rings is 1. The molecule has 0 fully saturated rings. The number of nitrogens with zero attached hydrogens (tertiary/aromatic N) is 2. The number of rotatable bonds is 4. The molecule has 1 N–H and O–H groups in total. The maximum Gasteiger partial charge on any atom is 0.267 e. The molecule has 30 heavy (non-hydrogen) atoms. The standard InChI is InChI=1S/C24H23N3OS2/c1-15-7-9-16(10-8-15)13-18-17-5-3-4-6-20(17)29-22(18)23(28)26-24-25-19-11-12-27(2)14-21(19)30-24/h3-10H,11-14H2,1-2H3,(H,25,26,28). The molecule has 2 aromatic carbocycles. The number of carbonyl (C=O) groups is 1. The Morgan fingerprint density at radius 1 is 1.13 bits per heavy atom. The number of thiophene rings is 1. The first-order valence-electron chi connectivity index (χ1n) is 10.1. The zero-order valence-electron chi connectivity index (χ0n) is 17.1. The summed E-state index contributed by atoms with van der Waals surface area (Å²) in [5.41, 5.74) is 4.68. The summed E-state index contributed by atoms with van der Waals surface area (Å²) in [5, 5.41) is 4.95. The summed E-state index contributed by atoms with van der Waals surface area (Å²) >= 11 is 3.17. The van der Waals surface area contributed by atoms with Crippen molar-refractivity contribution >= 4 is 43.8 Å². The predicted octanol–water partition coefficient (Wildman–Crippen LogP) is 5.50. The maximum atomic E-state index is 13.3. The van der Waals surface area contributed by atoms with E-state index in [2.05, 4.69) is 60.6 Å². The number of amides is 1. The van der Waals surface area contributed by atoms with E-state index < -0.39 is 0 Å². The molecule has 0 saturated carbocycles. The van der Waals surface area contributed by atoms with Gasteiger partial charge in [-0.3, -0.25) is 10.1 Å². The van der Waals surface area contributed by atoms with Crippen LogP contribution in [-0.2, 0) is 19.4 Å². The van der Waals surface area contributed by atoms with Crippen LogP contribution in [0.4, 0.5) is 5.13 Å². The first kappa shape index (κ1) is 19.4. The fourth-order valence-corrected chi connectivity index (χ4v) is 6.10. The number of hydrogen-bond donors (Lipinski definition) is 1. The van der Waals surface area contributed by atoms with E-state index in [4.69, 9.17) is 4.98 Å². The third-order valence-corrected chi connectivity index (χ3v) is 7.76. The van der Waals surface area contributed by atoms with Crippen molar-refractivity contribution < 1.29 is 4.79 Å². The van der Waals surface area contributed by atoms with Gasteiger partial charge in [-0.25, -0.2) is 4.98 Å². The van der Waals surface area contributed by atoms with Crippen molar-refractivity contribution in [3.8, 4) is 0 Å². The molecule has 1 aliphatic rings. The van der Waals surface area contributed by atoms with Crippen LogP contribution in [-0.4, -0.2) is 29.4 Å². The van der Waals surface area contributed by atoms with E-state index in [1.165, 1.54) is 16.0 Å². The molecule has 5 rings (SSSR count). The largest absolute Gasteiger partial charge is 0.301 e. The second-order valence-corrected chi connectivity index (χ2v) is 10.0. The van der Waals surface area contributed by atoms with Crippen LogP contribution in [0.25, 0.3) is 10.1 Å². The smallest absolute Gasteiger partial charge is 0.267 e. The molecule has 1 aliphatic heterocycles. The molecule has 4 aromatic rings. The van der Waals surface area contributed by atoms with Gasteiger partial charge in [0.05, 0.1) is 10.6 Å². The van der Waals surface area contributed by atoms with Crippen molar-refractivity contribution in [3.05, 3.63) is 80.7 Å². The molecule has 152 valence electrons. The Morgan fingerprint density at radius 3 is 2.77 bits per heavy atom. The van der Waals surface area contributed by atoms with Crippen LogP contribution >= 0.6 is 22.7 Å². The molecule has 1 amide bonds. The van der Waals surface area contributed by atoms with Crippen molar-refractivity contribution in [2.75, 3.05) is 18.9 Å². The molecule has 0 atom stereocenters. The average molecular weight is 434 g/mol. The van der Waals surface area contributed by atoms with E-state index in [-0.39, 0.29) is 5.91 Å². The summed E-state index contributed by atoms with van der Waals surface area (Å²) in [6, 6.07) is 16.8. The lowest BCUT2D eigenvalue weighted by Gasteiger charge is -2.20. The Kier molecular flexibility index (Phi) is 5.15. The van der Waals surface area contributed by atoms with Gasteiger partial charge in [-0.2, -0.15) is 0 Å². The topological polar surface area (TPSA) is 45.2 Å². The molecule has 2 aromatic heterocycles. The minimum absolute atomic E-state index is 0.0576. The summed E-state index contributed by atoms with van der Waals surface area (Å²) in [4.78, 5) is 22.3. The lowest BCUT2D eigenvalue weighted by molar-refractivity contribution is 0.103. The highest BCUT2D eigenvalue weighted by Gasteiger charge is 2.22. The molecule has 3 heterocycles. The molecule has 0 saturated heterocycles. The maximum absolute atomic E-state index is 13.3. The Morgan fingerprint density at radius 2 is 1.93 bits per heavy atom. The Bertz CT molecular complexity index is 1220. The third kappa shape index (κ3) is 3.78. The third-order valence-electron chi connectivity index (χ3n) is 5.55. The number of nitrogens with one attached hydrogen (secondary N) is 1. The molecular formula is C24H23N3OS2. The van der Waals surface area contributed by atoms with Crippen LogP contribution in [0.3, 0.4) is 0 Å². The second kappa shape index (κ2) is 7.95. The van der Waals surface area contributed by atoms with Gasteiger partial charge < -0.3 is 4.90 Å². The van der Waals surface area contributed by atoms with Crippen LogP contribution in [0.1, 0.15) is 36.9 Å². The van der Waals surface area contributed by atoms with Gasteiger partial charge in [-0.1, -0.05) is 48.0 Å².